The van der Waals surface area contributed by atoms with Crippen LogP contribution in [-0.2, 0) is 28.7 Å². The number of imidazole rings is 1. The van der Waals surface area contributed by atoms with Gasteiger partial charge in [0.25, 0.3) is 0 Å². The third-order valence-corrected chi connectivity index (χ3v) is 7.45. The van der Waals surface area contributed by atoms with Crippen LogP contribution < -0.4 is 10.1 Å². The minimum atomic E-state index is -3.66. The molecule has 1 heterocycles. The van der Waals surface area contributed by atoms with E-state index in [0.29, 0.717) is 24.7 Å². The molecule has 1 N–H and O–H groups in total. The Bertz CT molecular complexity index is 1300. The predicted octanol–water partition coefficient (Wildman–Crippen LogP) is 5.22. The van der Waals surface area contributed by atoms with E-state index in [-0.39, 0.29) is 16.8 Å². The van der Waals surface area contributed by atoms with Crippen LogP contribution >= 0.6 is 12.2 Å². The molecule has 0 bridgehead atoms. The van der Waals surface area contributed by atoms with E-state index in [1.807, 2.05) is 64.9 Å². The highest BCUT2D eigenvalue weighted by molar-refractivity contribution is 7.90. The number of benzene rings is 2. The van der Waals surface area contributed by atoms with Gasteiger partial charge in [0, 0.05) is 18.8 Å². The van der Waals surface area contributed by atoms with Gasteiger partial charge in [-0.3, -0.25) is 0 Å². The van der Waals surface area contributed by atoms with E-state index < -0.39 is 9.84 Å². The molecule has 0 unspecified atom stereocenters. The highest BCUT2D eigenvalue weighted by Gasteiger charge is 2.25. The van der Waals surface area contributed by atoms with Gasteiger partial charge < -0.3 is 19.5 Å². The molecule has 0 aliphatic carbocycles. The lowest BCUT2D eigenvalue weighted by molar-refractivity contribution is 0.413. The SMILES string of the molecule is C=CCN(Cc1cnc(S(=O)(=O)Cc2cccc(C)c2)n1CC(C)C)C(=S)Nc1ccc(OC)cc1. The van der Waals surface area contributed by atoms with Gasteiger partial charge in [-0.05, 0) is 54.9 Å². The van der Waals surface area contributed by atoms with E-state index in [9.17, 15) is 8.42 Å². The first-order valence-electron chi connectivity index (χ1n) is 11.8. The molecule has 0 spiro atoms. The number of rotatable bonds is 11. The maximum atomic E-state index is 13.4. The zero-order valence-electron chi connectivity index (χ0n) is 21.3. The molecular weight excluding hydrogens is 492 g/mol. The summed E-state index contributed by atoms with van der Waals surface area (Å²) < 4.78 is 33.8. The number of nitrogens with one attached hydrogen (secondary N) is 1. The number of ether oxygens (including phenoxy) is 1. The lowest BCUT2D eigenvalue weighted by Crippen LogP contribution is -2.35. The molecule has 9 heteroatoms. The first-order chi connectivity index (χ1) is 17.1. The Morgan fingerprint density at radius 3 is 2.58 bits per heavy atom. The Balaban J connectivity index is 1.87. The number of sulfone groups is 1. The quantitative estimate of drug-likeness (QED) is 0.271. The van der Waals surface area contributed by atoms with Crippen molar-refractivity contribution in [3.8, 4) is 5.75 Å². The van der Waals surface area contributed by atoms with Gasteiger partial charge in [0.1, 0.15) is 5.75 Å². The molecular formula is C27H34N4O3S2. The van der Waals surface area contributed by atoms with E-state index >= 15 is 0 Å². The van der Waals surface area contributed by atoms with Gasteiger partial charge in [-0.2, -0.15) is 0 Å². The van der Waals surface area contributed by atoms with E-state index in [1.54, 1.807) is 19.4 Å². The van der Waals surface area contributed by atoms with E-state index in [4.69, 9.17) is 17.0 Å². The number of hydrogen-bond acceptors (Lipinski definition) is 5. The van der Waals surface area contributed by atoms with Crippen molar-refractivity contribution in [2.75, 3.05) is 19.0 Å². The van der Waals surface area contributed by atoms with Crippen molar-refractivity contribution in [2.45, 2.75) is 44.8 Å². The number of aromatic nitrogens is 2. The van der Waals surface area contributed by atoms with E-state index in [1.165, 1.54) is 0 Å². The van der Waals surface area contributed by atoms with Crippen molar-refractivity contribution >= 4 is 32.9 Å². The van der Waals surface area contributed by atoms with Gasteiger partial charge in [-0.25, -0.2) is 13.4 Å². The summed E-state index contributed by atoms with van der Waals surface area (Å²) in [5.41, 5.74) is 3.36. The number of nitrogens with zero attached hydrogens (tertiary/aromatic N) is 3. The maximum absolute atomic E-state index is 13.4. The summed E-state index contributed by atoms with van der Waals surface area (Å²) in [6, 6.07) is 15.0. The van der Waals surface area contributed by atoms with Gasteiger partial charge in [-0.1, -0.05) is 49.8 Å². The molecule has 0 amide bonds. The summed E-state index contributed by atoms with van der Waals surface area (Å²) >= 11 is 5.68. The predicted molar refractivity (Wildman–Crippen MR) is 149 cm³/mol. The molecule has 0 atom stereocenters. The second kappa shape index (κ2) is 12.2. The first-order valence-corrected chi connectivity index (χ1v) is 13.8. The van der Waals surface area contributed by atoms with Crippen molar-refractivity contribution in [1.29, 1.82) is 0 Å². The van der Waals surface area contributed by atoms with Crippen LogP contribution in [0.2, 0.25) is 0 Å². The van der Waals surface area contributed by atoms with Gasteiger partial charge in [0.15, 0.2) is 5.11 Å². The maximum Gasteiger partial charge on any atom is 0.228 e. The Morgan fingerprint density at radius 2 is 1.97 bits per heavy atom. The molecule has 0 saturated carbocycles. The Labute approximate surface area is 219 Å². The summed E-state index contributed by atoms with van der Waals surface area (Å²) in [7, 11) is -2.04. The fourth-order valence-corrected chi connectivity index (χ4v) is 5.61. The number of hydrogen-bond donors (Lipinski definition) is 1. The van der Waals surface area contributed by atoms with Gasteiger partial charge in [0.05, 0.1) is 31.3 Å². The van der Waals surface area contributed by atoms with E-state index in [2.05, 4.69) is 30.7 Å². The molecule has 3 aromatic rings. The number of anilines is 1. The van der Waals surface area contributed by atoms with Crippen molar-refractivity contribution in [3.63, 3.8) is 0 Å². The molecule has 0 aliphatic heterocycles. The summed E-state index contributed by atoms with van der Waals surface area (Å²) in [5, 5.41) is 3.82. The fourth-order valence-electron chi connectivity index (χ4n) is 3.86. The molecule has 0 radical (unpaired) electrons. The summed E-state index contributed by atoms with van der Waals surface area (Å²) in [5.74, 6) is 0.881. The number of methoxy groups -OCH3 is 1. The van der Waals surface area contributed by atoms with Crippen LogP contribution in [-0.4, -0.2) is 41.6 Å². The standard InChI is InChI=1S/C27H34N4O3S2/c1-6-14-30(26(35)29-23-10-12-25(34-5)13-11-23)18-24-16-28-27(31(24)17-20(2)3)36(32,33)19-22-9-7-8-21(4)15-22/h6-13,15-16,20H,1,14,17-19H2,2-5H3,(H,29,35). The van der Waals surface area contributed by atoms with Gasteiger partial charge >= 0.3 is 0 Å². The molecule has 2 aromatic carbocycles. The second-order valence-electron chi connectivity index (χ2n) is 9.11. The molecule has 36 heavy (non-hydrogen) atoms. The largest absolute Gasteiger partial charge is 0.497 e. The topological polar surface area (TPSA) is 76.5 Å². The smallest absolute Gasteiger partial charge is 0.228 e. The summed E-state index contributed by atoms with van der Waals surface area (Å²) in [4.78, 5) is 6.31. The average molecular weight is 527 g/mol. The fraction of sp³-hybridized carbons (Fsp3) is 0.333. The second-order valence-corrected chi connectivity index (χ2v) is 11.4. The Kier molecular flexibility index (Phi) is 9.28. The molecule has 0 aliphatic rings. The monoisotopic (exact) mass is 526 g/mol. The molecule has 1 aromatic heterocycles. The minimum absolute atomic E-state index is 0.0836. The number of thiocarbonyl (C=S) groups is 1. The van der Waals surface area contributed by atoms with Crippen LogP contribution in [0.1, 0.15) is 30.7 Å². The van der Waals surface area contributed by atoms with Crippen LogP contribution in [0.15, 0.2) is 72.5 Å². The van der Waals surface area contributed by atoms with Gasteiger partial charge in [-0.15, -0.1) is 6.58 Å². The third kappa shape index (κ3) is 7.18. The van der Waals surface area contributed by atoms with Crippen LogP contribution in [0.25, 0.3) is 0 Å². The van der Waals surface area contributed by atoms with Crippen LogP contribution in [0.4, 0.5) is 5.69 Å². The Morgan fingerprint density at radius 1 is 1.25 bits per heavy atom. The first kappa shape index (κ1) is 27.4. The van der Waals surface area contributed by atoms with Crippen LogP contribution in [0.3, 0.4) is 0 Å². The summed E-state index contributed by atoms with van der Waals surface area (Å²) in [6.07, 6.45) is 3.40. The molecule has 0 saturated heterocycles. The minimum Gasteiger partial charge on any atom is -0.497 e. The third-order valence-electron chi connectivity index (χ3n) is 5.50. The van der Waals surface area contributed by atoms with Crippen molar-refractivity contribution < 1.29 is 13.2 Å². The average Bonchev–Trinajstić information content (AvgIpc) is 3.21. The van der Waals surface area contributed by atoms with Crippen LogP contribution in [0, 0.1) is 12.8 Å². The van der Waals surface area contributed by atoms with E-state index in [0.717, 1.165) is 28.3 Å². The zero-order chi connectivity index (χ0) is 26.3. The molecule has 0 fully saturated rings. The Hall–Kier alpha value is -3.17. The lowest BCUT2D eigenvalue weighted by atomic mass is 10.2. The molecule has 7 nitrogen and oxygen atoms in total. The molecule has 192 valence electrons. The summed E-state index contributed by atoms with van der Waals surface area (Å²) in [6.45, 7) is 11.3. The molecule has 3 rings (SSSR count). The van der Waals surface area contributed by atoms with Crippen LogP contribution in [0.5, 0.6) is 5.75 Å². The van der Waals surface area contributed by atoms with Crippen molar-refractivity contribution in [2.24, 2.45) is 5.92 Å². The van der Waals surface area contributed by atoms with Gasteiger partial charge in [0.2, 0.25) is 15.0 Å². The van der Waals surface area contributed by atoms with Crippen molar-refractivity contribution in [3.05, 3.63) is 84.2 Å². The zero-order valence-corrected chi connectivity index (χ0v) is 22.9. The highest BCUT2D eigenvalue weighted by atomic mass is 32.2. The van der Waals surface area contributed by atoms with Crippen molar-refractivity contribution in [1.82, 2.24) is 14.5 Å². The normalized spacial score (nSPS) is 11.4. The number of aryl methyl sites for hydroxylation is 1. The lowest BCUT2D eigenvalue weighted by Gasteiger charge is -2.25. The highest BCUT2D eigenvalue weighted by Crippen LogP contribution is 2.22.